The molecule has 0 aliphatic heterocycles. The van der Waals surface area contributed by atoms with Crippen LogP contribution in [0.4, 0.5) is 0 Å². The van der Waals surface area contributed by atoms with Crippen molar-refractivity contribution >= 4 is 5.96 Å². The number of rotatable bonds is 7. The maximum Gasteiger partial charge on any atom is 0.213 e. The number of ether oxygens (including phenoxy) is 1. The third kappa shape index (κ3) is 5.91. The Balaban J connectivity index is 1.80. The van der Waals surface area contributed by atoms with E-state index in [0.717, 1.165) is 24.5 Å². The molecule has 0 saturated carbocycles. The molecule has 0 bridgehead atoms. The molecule has 24 heavy (non-hydrogen) atoms. The van der Waals surface area contributed by atoms with E-state index in [1.165, 1.54) is 11.1 Å². The van der Waals surface area contributed by atoms with Gasteiger partial charge in [0.25, 0.3) is 0 Å². The smallest absolute Gasteiger partial charge is 0.213 e. The van der Waals surface area contributed by atoms with Crippen LogP contribution in [0.1, 0.15) is 30.0 Å². The summed E-state index contributed by atoms with van der Waals surface area (Å²) in [6.07, 6.45) is 2.81. The number of nitrogens with one attached hydrogen (secondary N) is 2. The molecule has 2 N–H and O–H groups in total. The van der Waals surface area contributed by atoms with E-state index >= 15 is 0 Å². The van der Waals surface area contributed by atoms with Crippen molar-refractivity contribution in [2.75, 3.05) is 13.7 Å². The molecule has 0 unspecified atom stereocenters. The van der Waals surface area contributed by atoms with Crippen molar-refractivity contribution < 1.29 is 4.74 Å². The van der Waals surface area contributed by atoms with Gasteiger partial charge >= 0.3 is 0 Å². The Morgan fingerprint density at radius 1 is 1.12 bits per heavy atom. The lowest BCUT2D eigenvalue weighted by Crippen LogP contribution is -2.36. The van der Waals surface area contributed by atoms with Crippen LogP contribution in [0.5, 0.6) is 5.88 Å². The summed E-state index contributed by atoms with van der Waals surface area (Å²) < 4.78 is 5.49. The normalized spacial score (nSPS) is 11.2. The summed E-state index contributed by atoms with van der Waals surface area (Å²) in [5, 5.41) is 6.61. The Morgan fingerprint density at radius 2 is 1.92 bits per heavy atom. The van der Waals surface area contributed by atoms with Gasteiger partial charge in [-0.05, 0) is 24.5 Å². The number of aryl methyl sites for hydroxylation is 1. The van der Waals surface area contributed by atoms with E-state index in [2.05, 4.69) is 58.7 Å². The van der Waals surface area contributed by atoms with Crippen molar-refractivity contribution in [2.24, 2.45) is 4.99 Å². The van der Waals surface area contributed by atoms with Crippen molar-refractivity contribution in [3.8, 4) is 5.88 Å². The second kappa shape index (κ2) is 9.55. The molecule has 1 heterocycles. The van der Waals surface area contributed by atoms with Crippen LogP contribution in [-0.4, -0.2) is 24.6 Å². The Bertz CT molecular complexity index is 653. The van der Waals surface area contributed by atoms with Gasteiger partial charge in [0.05, 0.1) is 6.61 Å². The predicted octanol–water partition coefficient (Wildman–Crippen LogP) is 3.04. The van der Waals surface area contributed by atoms with Crippen LogP contribution in [0.25, 0.3) is 0 Å². The highest BCUT2D eigenvalue weighted by Crippen LogP contribution is 2.08. The minimum absolute atomic E-state index is 0.661. The molecular formula is C19H26N4O. The summed E-state index contributed by atoms with van der Waals surface area (Å²) >= 11 is 0. The quantitative estimate of drug-likeness (QED) is 0.606. The average molecular weight is 326 g/mol. The van der Waals surface area contributed by atoms with Gasteiger partial charge < -0.3 is 15.4 Å². The first-order valence-electron chi connectivity index (χ1n) is 8.29. The van der Waals surface area contributed by atoms with E-state index in [4.69, 9.17) is 4.74 Å². The molecule has 2 rings (SSSR count). The van der Waals surface area contributed by atoms with E-state index in [9.17, 15) is 0 Å². The van der Waals surface area contributed by atoms with Crippen LogP contribution in [0.2, 0.25) is 0 Å². The molecule has 5 heteroatoms. The number of hydrogen-bond acceptors (Lipinski definition) is 3. The first-order valence-corrected chi connectivity index (χ1v) is 8.29. The van der Waals surface area contributed by atoms with E-state index in [-0.39, 0.29) is 0 Å². The van der Waals surface area contributed by atoms with Crippen LogP contribution in [0, 0.1) is 6.92 Å². The molecule has 0 fully saturated rings. The van der Waals surface area contributed by atoms with Crippen molar-refractivity contribution in [3.05, 3.63) is 59.3 Å². The Labute approximate surface area is 144 Å². The van der Waals surface area contributed by atoms with Crippen molar-refractivity contribution in [2.45, 2.75) is 33.4 Å². The average Bonchev–Trinajstić information content (AvgIpc) is 2.61. The summed E-state index contributed by atoms with van der Waals surface area (Å²) in [6.45, 7) is 6.27. The molecule has 0 aliphatic carbocycles. The van der Waals surface area contributed by atoms with Gasteiger partial charge in [-0.25, -0.2) is 4.98 Å². The summed E-state index contributed by atoms with van der Waals surface area (Å²) in [5.41, 5.74) is 3.57. The Hall–Kier alpha value is -2.56. The number of benzene rings is 1. The number of aliphatic imine (C=N–C) groups is 1. The molecule has 0 aliphatic rings. The van der Waals surface area contributed by atoms with E-state index in [1.807, 2.05) is 18.3 Å². The van der Waals surface area contributed by atoms with Gasteiger partial charge in [-0.1, -0.05) is 42.8 Å². The largest absolute Gasteiger partial charge is 0.478 e. The lowest BCUT2D eigenvalue weighted by Gasteiger charge is -2.12. The molecule has 1 aromatic carbocycles. The SMILES string of the molecule is CCCOc1ccc(CNC(=NC)NCc2cccc(C)c2)cn1. The van der Waals surface area contributed by atoms with Gasteiger partial charge in [0.15, 0.2) is 5.96 Å². The molecule has 0 amide bonds. The van der Waals surface area contributed by atoms with Crippen molar-refractivity contribution in [3.63, 3.8) is 0 Å². The molecular weight excluding hydrogens is 300 g/mol. The van der Waals surface area contributed by atoms with Crippen molar-refractivity contribution in [1.29, 1.82) is 0 Å². The lowest BCUT2D eigenvalue weighted by atomic mass is 10.1. The van der Waals surface area contributed by atoms with Crippen LogP contribution < -0.4 is 15.4 Å². The highest BCUT2D eigenvalue weighted by Gasteiger charge is 2.01. The maximum atomic E-state index is 5.49. The molecule has 2 aromatic rings. The second-order valence-electron chi connectivity index (χ2n) is 5.62. The van der Waals surface area contributed by atoms with Gasteiger partial charge in [-0.3, -0.25) is 4.99 Å². The first-order chi connectivity index (χ1) is 11.7. The number of hydrogen-bond donors (Lipinski definition) is 2. The summed E-state index contributed by atoms with van der Waals surface area (Å²) in [4.78, 5) is 8.55. The predicted molar refractivity (Wildman–Crippen MR) is 98.2 cm³/mol. The first kappa shape index (κ1) is 17.8. The minimum Gasteiger partial charge on any atom is -0.478 e. The van der Waals surface area contributed by atoms with Gasteiger partial charge in [-0.2, -0.15) is 0 Å². The number of aromatic nitrogens is 1. The number of guanidine groups is 1. The summed E-state index contributed by atoms with van der Waals surface area (Å²) in [7, 11) is 1.77. The van der Waals surface area contributed by atoms with E-state index < -0.39 is 0 Å². The van der Waals surface area contributed by atoms with Crippen LogP contribution >= 0.6 is 0 Å². The molecule has 128 valence electrons. The molecule has 1 aromatic heterocycles. The fourth-order valence-electron chi connectivity index (χ4n) is 2.22. The fraction of sp³-hybridized carbons (Fsp3) is 0.368. The molecule has 0 saturated heterocycles. The van der Waals surface area contributed by atoms with Crippen molar-refractivity contribution in [1.82, 2.24) is 15.6 Å². The highest BCUT2D eigenvalue weighted by molar-refractivity contribution is 5.79. The fourth-order valence-corrected chi connectivity index (χ4v) is 2.22. The zero-order chi connectivity index (χ0) is 17.2. The molecule has 5 nitrogen and oxygen atoms in total. The van der Waals surface area contributed by atoms with E-state index in [1.54, 1.807) is 7.05 Å². The third-order valence-corrected chi connectivity index (χ3v) is 3.48. The zero-order valence-electron chi connectivity index (χ0n) is 14.7. The maximum absolute atomic E-state index is 5.49. The second-order valence-corrected chi connectivity index (χ2v) is 5.62. The monoisotopic (exact) mass is 326 g/mol. The molecule has 0 atom stereocenters. The van der Waals surface area contributed by atoms with E-state index in [0.29, 0.717) is 19.0 Å². The zero-order valence-corrected chi connectivity index (χ0v) is 14.7. The van der Waals surface area contributed by atoms with Gasteiger partial charge in [0.2, 0.25) is 5.88 Å². The minimum atomic E-state index is 0.661. The number of pyridine rings is 1. The van der Waals surface area contributed by atoms with Gasteiger partial charge in [-0.15, -0.1) is 0 Å². The third-order valence-electron chi connectivity index (χ3n) is 3.48. The number of nitrogens with zero attached hydrogens (tertiary/aromatic N) is 2. The Morgan fingerprint density at radius 3 is 2.54 bits per heavy atom. The van der Waals surface area contributed by atoms with Crippen LogP contribution in [0.15, 0.2) is 47.6 Å². The van der Waals surface area contributed by atoms with Crippen LogP contribution in [0.3, 0.4) is 0 Å². The van der Waals surface area contributed by atoms with Crippen LogP contribution in [-0.2, 0) is 13.1 Å². The highest BCUT2D eigenvalue weighted by atomic mass is 16.5. The van der Waals surface area contributed by atoms with Gasteiger partial charge in [0.1, 0.15) is 0 Å². The molecule has 0 spiro atoms. The molecule has 0 radical (unpaired) electrons. The van der Waals surface area contributed by atoms with Gasteiger partial charge in [0, 0.05) is 32.4 Å². The summed E-state index contributed by atoms with van der Waals surface area (Å²) in [6, 6.07) is 12.3. The summed E-state index contributed by atoms with van der Waals surface area (Å²) in [5.74, 6) is 1.44. The topological polar surface area (TPSA) is 58.5 Å². The lowest BCUT2D eigenvalue weighted by molar-refractivity contribution is 0.305. The Kier molecular flexibility index (Phi) is 7.08. The standard InChI is InChI=1S/C19H26N4O/c1-4-10-24-18-9-8-17(13-21-18)14-23-19(20-3)22-12-16-7-5-6-15(2)11-16/h5-9,11,13H,4,10,12,14H2,1-3H3,(H2,20,22,23).